The molecule has 0 bridgehead atoms. The molecule has 1 aromatic rings. The number of rotatable bonds is 5. The van der Waals surface area contributed by atoms with Crippen LogP contribution in [0.2, 0.25) is 0 Å². The zero-order valence-corrected chi connectivity index (χ0v) is 13.8. The number of piperazine rings is 1. The number of ether oxygens (including phenoxy) is 1. The van der Waals surface area contributed by atoms with Gasteiger partial charge in [0.15, 0.2) is 0 Å². The minimum absolute atomic E-state index is 0.819. The van der Waals surface area contributed by atoms with Crippen LogP contribution in [0.5, 0.6) is 5.75 Å². The SMILES string of the molecule is CCCN.CCCN1CCN(c2ccccc2OC)CC1. The first kappa shape index (κ1) is 17.8. The molecule has 1 saturated heterocycles. The molecule has 0 aliphatic carbocycles. The van der Waals surface area contributed by atoms with Crippen LogP contribution < -0.4 is 15.4 Å². The predicted octanol–water partition coefficient (Wildman–Crippen LogP) is 2.58. The maximum atomic E-state index is 5.42. The van der Waals surface area contributed by atoms with Crippen molar-refractivity contribution in [2.45, 2.75) is 26.7 Å². The molecule has 0 amide bonds. The Morgan fingerprint density at radius 2 is 1.67 bits per heavy atom. The van der Waals surface area contributed by atoms with Crippen LogP contribution in [0.1, 0.15) is 26.7 Å². The van der Waals surface area contributed by atoms with E-state index in [0.29, 0.717) is 0 Å². The number of hydrogen-bond acceptors (Lipinski definition) is 4. The van der Waals surface area contributed by atoms with E-state index in [9.17, 15) is 0 Å². The predicted molar refractivity (Wildman–Crippen MR) is 91.3 cm³/mol. The minimum Gasteiger partial charge on any atom is -0.495 e. The molecule has 4 heteroatoms. The Morgan fingerprint density at radius 1 is 1.05 bits per heavy atom. The number of methoxy groups -OCH3 is 1. The zero-order valence-electron chi connectivity index (χ0n) is 13.8. The third kappa shape index (κ3) is 5.94. The molecule has 0 saturated carbocycles. The average molecular weight is 293 g/mol. The molecule has 1 aliphatic heterocycles. The molecule has 0 atom stereocenters. The summed E-state index contributed by atoms with van der Waals surface area (Å²) < 4.78 is 5.42. The number of para-hydroxylation sites is 2. The first-order chi connectivity index (χ1) is 10.3. The lowest BCUT2D eigenvalue weighted by atomic mass is 10.2. The normalized spacial score (nSPS) is 15.3. The molecule has 0 unspecified atom stereocenters. The van der Waals surface area contributed by atoms with Crippen molar-refractivity contribution < 1.29 is 4.74 Å². The van der Waals surface area contributed by atoms with Crippen molar-refractivity contribution >= 4 is 5.69 Å². The summed E-state index contributed by atoms with van der Waals surface area (Å²) in [5.74, 6) is 0.983. The monoisotopic (exact) mass is 293 g/mol. The first-order valence-corrected chi connectivity index (χ1v) is 8.07. The second kappa shape index (κ2) is 10.5. The van der Waals surface area contributed by atoms with E-state index in [1.54, 1.807) is 7.11 Å². The fourth-order valence-corrected chi connectivity index (χ4v) is 2.42. The number of anilines is 1. The van der Waals surface area contributed by atoms with Crippen LogP contribution in [0.4, 0.5) is 5.69 Å². The van der Waals surface area contributed by atoms with Gasteiger partial charge in [-0.1, -0.05) is 26.0 Å². The highest BCUT2D eigenvalue weighted by molar-refractivity contribution is 5.58. The van der Waals surface area contributed by atoms with E-state index in [-0.39, 0.29) is 0 Å². The largest absolute Gasteiger partial charge is 0.495 e. The lowest BCUT2D eigenvalue weighted by Gasteiger charge is -2.36. The van der Waals surface area contributed by atoms with Gasteiger partial charge >= 0.3 is 0 Å². The molecule has 2 N–H and O–H groups in total. The second-order valence-electron chi connectivity index (χ2n) is 5.29. The number of nitrogens with two attached hydrogens (primary N) is 1. The third-order valence-electron chi connectivity index (χ3n) is 3.63. The molecule has 4 nitrogen and oxygen atoms in total. The second-order valence-corrected chi connectivity index (χ2v) is 5.29. The van der Waals surface area contributed by atoms with Crippen molar-refractivity contribution in [2.75, 3.05) is 51.3 Å². The van der Waals surface area contributed by atoms with Crippen LogP contribution >= 0.6 is 0 Å². The molecule has 21 heavy (non-hydrogen) atoms. The van der Waals surface area contributed by atoms with Crippen LogP contribution in [-0.2, 0) is 0 Å². The average Bonchev–Trinajstić information content (AvgIpc) is 2.56. The number of hydrogen-bond donors (Lipinski definition) is 1. The fraction of sp³-hybridized carbons (Fsp3) is 0.647. The van der Waals surface area contributed by atoms with E-state index in [0.717, 1.165) is 44.9 Å². The number of nitrogens with zero attached hydrogens (tertiary/aromatic N) is 2. The lowest BCUT2D eigenvalue weighted by Crippen LogP contribution is -2.46. The molecular formula is C17H31N3O. The molecule has 1 heterocycles. The summed E-state index contributed by atoms with van der Waals surface area (Å²) in [7, 11) is 1.74. The molecule has 120 valence electrons. The van der Waals surface area contributed by atoms with Crippen molar-refractivity contribution in [3.05, 3.63) is 24.3 Å². The van der Waals surface area contributed by atoms with Gasteiger partial charge in [-0.2, -0.15) is 0 Å². The smallest absolute Gasteiger partial charge is 0.142 e. The van der Waals surface area contributed by atoms with E-state index >= 15 is 0 Å². The summed E-state index contributed by atoms with van der Waals surface area (Å²) in [6.07, 6.45) is 2.34. The van der Waals surface area contributed by atoms with E-state index in [2.05, 4.69) is 35.8 Å². The summed E-state index contributed by atoms with van der Waals surface area (Å²) >= 11 is 0. The van der Waals surface area contributed by atoms with Crippen LogP contribution in [0.3, 0.4) is 0 Å². The minimum atomic E-state index is 0.819. The molecular weight excluding hydrogens is 262 g/mol. The Morgan fingerprint density at radius 3 is 2.19 bits per heavy atom. The van der Waals surface area contributed by atoms with Gasteiger partial charge in [0.05, 0.1) is 12.8 Å². The molecule has 1 aromatic carbocycles. The molecule has 0 spiro atoms. The van der Waals surface area contributed by atoms with E-state index in [1.165, 1.54) is 18.7 Å². The van der Waals surface area contributed by atoms with Gasteiger partial charge < -0.3 is 15.4 Å². The third-order valence-corrected chi connectivity index (χ3v) is 3.63. The molecule has 0 aromatic heterocycles. The van der Waals surface area contributed by atoms with Gasteiger partial charge in [0, 0.05) is 26.2 Å². The Kier molecular flexibility index (Phi) is 8.87. The molecule has 0 radical (unpaired) electrons. The van der Waals surface area contributed by atoms with Gasteiger partial charge in [-0.25, -0.2) is 0 Å². The van der Waals surface area contributed by atoms with Crippen LogP contribution in [0.25, 0.3) is 0 Å². The first-order valence-electron chi connectivity index (χ1n) is 8.07. The van der Waals surface area contributed by atoms with Gasteiger partial charge in [-0.05, 0) is 38.1 Å². The molecule has 1 fully saturated rings. The van der Waals surface area contributed by atoms with E-state index in [1.807, 2.05) is 12.1 Å². The van der Waals surface area contributed by atoms with Gasteiger partial charge in [0.25, 0.3) is 0 Å². The maximum Gasteiger partial charge on any atom is 0.142 e. The Bertz CT molecular complexity index is 374. The summed E-state index contributed by atoms with van der Waals surface area (Å²) in [5, 5.41) is 0. The summed E-state index contributed by atoms with van der Waals surface area (Å²) in [6, 6.07) is 8.29. The van der Waals surface area contributed by atoms with Crippen LogP contribution in [0.15, 0.2) is 24.3 Å². The molecule has 2 rings (SSSR count). The van der Waals surface area contributed by atoms with Crippen molar-refractivity contribution in [3.63, 3.8) is 0 Å². The summed E-state index contributed by atoms with van der Waals surface area (Å²) in [5.41, 5.74) is 6.26. The van der Waals surface area contributed by atoms with Crippen molar-refractivity contribution in [2.24, 2.45) is 5.73 Å². The number of benzene rings is 1. The highest BCUT2D eigenvalue weighted by Crippen LogP contribution is 2.28. The summed E-state index contributed by atoms with van der Waals surface area (Å²) in [4.78, 5) is 4.96. The van der Waals surface area contributed by atoms with Crippen molar-refractivity contribution in [3.8, 4) is 5.75 Å². The van der Waals surface area contributed by atoms with E-state index in [4.69, 9.17) is 10.5 Å². The van der Waals surface area contributed by atoms with Crippen molar-refractivity contribution in [1.29, 1.82) is 0 Å². The maximum absolute atomic E-state index is 5.42. The lowest BCUT2D eigenvalue weighted by molar-refractivity contribution is 0.257. The Labute approximate surface area is 129 Å². The van der Waals surface area contributed by atoms with Gasteiger partial charge in [0.1, 0.15) is 5.75 Å². The molecule has 1 aliphatic rings. The van der Waals surface area contributed by atoms with Gasteiger partial charge in [-0.15, -0.1) is 0 Å². The zero-order chi connectivity index (χ0) is 15.5. The quantitative estimate of drug-likeness (QED) is 0.906. The highest BCUT2D eigenvalue weighted by Gasteiger charge is 2.18. The van der Waals surface area contributed by atoms with E-state index < -0.39 is 0 Å². The topological polar surface area (TPSA) is 41.7 Å². The van der Waals surface area contributed by atoms with Crippen molar-refractivity contribution in [1.82, 2.24) is 4.90 Å². The highest BCUT2D eigenvalue weighted by atomic mass is 16.5. The Hall–Kier alpha value is -1.26. The van der Waals surface area contributed by atoms with Crippen LogP contribution in [-0.4, -0.2) is 51.3 Å². The van der Waals surface area contributed by atoms with Gasteiger partial charge in [0.2, 0.25) is 0 Å². The van der Waals surface area contributed by atoms with Gasteiger partial charge in [-0.3, -0.25) is 4.90 Å². The standard InChI is InChI=1S/C14H22N2O.C3H9N/c1-3-8-15-9-11-16(12-10-15)13-6-4-5-7-14(13)17-2;1-2-3-4/h4-7H,3,8-12H2,1-2H3;2-4H2,1H3. The fourth-order valence-electron chi connectivity index (χ4n) is 2.42. The van der Waals surface area contributed by atoms with Crippen LogP contribution in [0, 0.1) is 0 Å². The summed E-state index contributed by atoms with van der Waals surface area (Å²) in [6.45, 7) is 10.9. The Balaban J connectivity index is 0.000000491.